The minimum Gasteiger partial charge on any atom is -0.278 e. The van der Waals surface area contributed by atoms with Crippen LogP contribution in [-0.2, 0) is 6.18 Å². The quantitative estimate of drug-likeness (QED) is 0.618. The molecule has 0 aliphatic carbocycles. The van der Waals surface area contributed by atoms with Gasteiger partial charge in [-0.1, -0.05) is 29.8 Å². The van der Waals surface area contributed by atoms with Crippen molar-refractivity contribution in [2.45, 2.75) is 13.1 Å². The highest BCUT2D eigenvalue weighted by atomic mass is 35.5. The molecule has 0 unspecified atom stereocenters. The van der Waals surface area contributed by atoms with Crippen LogP contribution >= 0.6 is 11.6 Å². The Hall–Kier alpha value is -2.01. The molecule has 0 saturated heterocycles. The van der Waals surface area contributed by atoms with Crippen LogP contribution in [0.3, 0.4) is 0 Å². The number of anilines is 1. The number of hydrazone groups is 1. The molecule has 2 aromatic carbocycles. The van der Waals surface area contributed by atoms with Crippen molar-refractivity contribution in [1.82, 2.24) is 0 Å². The van der Waals surface area contributed by atoms with Crippen molar-refractivity contribution in [3.05, 3.63) is 64.2 Å². The average Bonchev–Trinajstić information content (AvgIpc) is 2.42. The molecule has 0 atom stereocenters. The van der Waals surface area contributed by atoms with Gasteiger partial charge in [0.15, 0.2) is 0 Å². The van der Waals surface area contributed by atoms with E-state index in [1.165, 1.54) is 18.3 Å². The molecule has 0 spiro atoms. The van der Waals surface area contributed by atoms with Crippen LogP contribution in [0.1, 0.15) is 16.7 Å². The summed E-state index contributed by atoms with van der Waals surface area (Å²) in [5, 5.41) is 4.58. The summed E-state index contributed by atoms with van der Waals surface area (Å²) in [7, 11) is 0. The zero-order chi connectivity index (χ0) is 15.5. The molecule has 6 heteroatoms. The van der Waals surface area contributed by atoms with Gasteiger partial charge in [-0.15, -0.1) is 0 Å². The Kier molecular flexibility index (Phi) is 4.53. The monoisotopic (exact) mass is 312 g/mol. The van der Waals surface area contributed by atoms with Crippen LogP contribution in [0, 0.1) is 6.92 Å². The number of halogens is 4. The van der Waals surface area contributed by atoms with Gasteiger partial charge < -0.3 is 0 Å². The molecule has 0 aliphatic heterocycles. The highest BCUT2D eigenvalue weighted by molar-refractivity contribution is 6.31. The molecule has 0 aromatic heterocycles. The maximum Gasteiger partial charge on any atom is 0.416 e. The second kappa shape index (κ2) is 6.18. The van der Waals surface area contributed by atoms with Crippen LogP contribution in [-0.4, -0.2) is 6.21 Å². The van der Waals surface area contributed by atoms with E-state index in [1.54, 1.807) is 6.07 Å². The predicted octanol–water partition coefficient (Wildman–Crippen LogP) is 5.11. The predicted molar refractivity (Wildman–Crippen MR) is 78.8 cm³/mol. The number of aryl methyl sites for hydroxylation is 1. The summed E-state index contributed by atoms with van der Waals surface area (Å²) >= 11 is 5.97. The van der Waals surface area contributed by atoms with Crippen LogP contribution < -0.4 is 5.43 Å². The number of hydrogen-bond donors (Lipinski definition) is 1. The van der Waals surface area contributed by atoms with Crippen molar-refractivity contribution in [2.24, 2.45) is 5.10 Å². The molecule has 0 saturated carbocycles. The van der Waals surface area contributed by atoms with Crippen molar-refractivity contribution in [3.8, 4) is 0 Å². The molecule has 0 amide bonds. The van der Waals surface area contributed by atoms with Gasteiger partial charge in [0.05, 0.1) is 17.5 Å². The number of benzene rings is 2. The molecule has 0 heterocycles. The van der Waals surface area contributed by atoms with E-state index in [0.717, 1.165) is 17.7 Å². The summed E-state index contributed by atoms with van der Waals surface area (Å²) in [6, 6.07) is 10.1. The van der Waals surface area contributed by atoms with Gasteiger partial charge in [0.25, 0.3) is 0 Å². The summed E-state index contributed by atoms with van der Waals surface area (Å²) < 4.78 is 37.2. The van der Waals surface area contributed by atoms with Gasteiger partial charge in [0.1, 0.15) is 0 Å². The van der Waals surface area contributed by atoms with Gasteiger partial charge in [-0.2, -0.15) is 18.3 Å². The van der Waals surface area contributed by atoms with E-state index >= 15 is 0 Å². The summed E-state index contributed by atoms with van der Waals surface area (Å²) in [4.78, 5) is 0. The zero-order valence-corrected chi connectivity index (χ0v) is 11.8. The van der Waals surface area contributed by atoms with E-state index in [9.17, 15) is 13.2 Å². The van der Waals surface area contributed by atoms with E-state index in [0.29, 0.717) is 16.3 Å². The first kappa shape index (κ1) is 15.4. The smallest absolute Gasteiger partial charge is 0.278 e. The fourth-order valence-corrected chi connectivity index (χ4v) is 1.78. The van der Waals surface area contributed by atoms with Crippen LogP contribution in [0.5, 0.6) is 0 Å². The number of hydrogen-bond acceptors (Lipinski definition) is 2. The lowest BCUT2D eigenvalue weighted by Crippen LogP contribution is -2.04. The first-order valence-corrected chi connectivity index (χ1v) is 6.46. The number of nitrogens with zero attached hydrogens (tertiary/aromatic N) is 1. The molecule has 0 radical (unpaired) electrons. The van der Waals surface area contributed by atoms with Crippen molar-refractivity contribution >= 4 is 23.5 Å². The largest absolute Gasteiger partial charge is 0.416 e. The van der Waals surface area contributed by atoms with Crippen LogP contribution in [0.25, 0.3) is 0 Å². The van der Waals surface area contributed by atoms with Crippen LogP contribution in [0.2, 0.25) is 5.02 Å². The first-order chi connectivity index (χ1) is 9.86. The van der Waals surface area contributed by atoms with Gasteiger partial charge in [0.2, 0.25) is 0 Å². The Morgan fingerprint density at radius 2 is 1.76 bits per heavy atom. The van der Waals surface area contributed by atoms with Crippen molar-refractivity contribution in [1.29, 1.82) is 0 Å². The molecule has 0 fully saturated rings. The molecule has 2 nitrogen and oxygen atoms in total. The van der Waals surface area contributed by atoms with E-state index in [1.807, 2.05) is 19.1 Å². The van der Waals surface area contributed by atoms with Gasteiger partial charge in [-0.25, -0.2) is 0 Å². The molecule has 1 N–H and O–H groups in total. The second-order valence-electron chi connectivity index (χ2n) is 4.45. The lowest BCUT2D eigenvalue weighted by Gasteiger charge is -2.06. The molecular formula is C15H12ClF3N2. The lowest BCUT2D eigenvalue weighted by molar-refractivity contribution is -0.137. The molecule has 2 rings (SSSR count). The third-order valence-electron chi connectivity index (χ3n) is 2.82. The Morgan fingerprint density at radius 3 is 2.33 bits per heavy atom. The molecule has 0 bridgehead atoms. The number of rotatable bonds is 3. The van der Waals surface area contributed by atoms with E-state index < -0.39 is 11.7 Å². The summed E-state index contributed by atoms with van der Waals surface area (Å²) in [6.45, 7) is 1.89. The van der Waals surface area contributed by atoms with Crippen LogP contribution in [0.4, 0.5) is 18.9 Å². The first-order valence-electron chi connectivity index (χ1n) is 6.09. The molecular weight excluding hydrogens is 301 g/mol. The Bertz CT molecular complexity index is 649. The van der Waals surface area contributed by atoms with Gasteiger partial charge in [0, 0.05) is 5.02 Å². The highest BCUT2D eigenvalue weighted by Crippen LogP contribution is 2.28. The van der Waals surface area contributed by atoms with Crippen molar-refractivity contribution in [3.63, 3.8) is 0 Å². The number of alkyl halides is 3. The summed E-state index contributed by atoms with van der Waals surface area (Å²) in [5.41, 5.74) is 4.31. The summed E-state index contributed by atoms with van der Waals surface area (Å²) in [5.74, 6) is 0. The number of nitrogens with one attached hydrogen (secondary N) is 1. The standard InChI is InChI=1S/C15H12ClF3N2/c1-10-2-7-13(8-14(10)16)21-20-9-11-3-5-12(6-4-11)15(17,18)19/h2-9,21H,1H3/b20-9+. The maximum absolute atomic E-state index is 12.4. The second-order valence-corrected chi connectivity index (χ2v) is 4.86. The van der Waals surface area contributed by atoms with E-state index in [2.05, 4.69) is 10.5 Å². The molecule has 2 aromatic rings. The maximum atomic E-state index is 12.4. The molecule has 0 aliphatic rings. The Labute approximate surface area is 125 Å². The van der Waals surface area contributed by atoms with Gasteiger partial charge in [-0.3, -0.25) is 5.43 Å². The fraction of sp³-hybridized carbons (Fsp3) is 0.133. The van der Waals surface area contributed by atoms with Crippen LogP contribution in [0.15, 0.2) is 47.6 Å². The average molecular weight is 313 g/mol. The zero-order valence-electron chi connectivity index (χ0n) is 11.1. The topological polar surface area (TPSA) is 24.4 Å². The Morgan fingerprint density at radius 1 is 1.10 bits per heavy atom. The lowest BCUT2D eigenvalue weighted by atomic mass is 10.1. The van der Waals surface area contributed by atoms with Gasteiger partial charge in [-0.05, 0) is 42.3 Å². The minimum absolute atomic E-state index is 0.564. The van der Waals surface area contributed by atoms with Crippen molar-refractivity contribution < 1.29 is 13.2 Å². The van der Waals surface area contributed by atoms with E-state index in [4.69, 9.17) is 11.6 Å². The summed E-state index contributed by atoms with van der Waals surface area (Å²) in [6.07, 6.45) is -2.89. The normalized spacial score (nSPS) is 11.9. The van der Waals surface area contributed by atoms with Gasteiger partial charge >= 0.3 is 6.18 Å². The van der Waals surface area contributed by atoms with E-state index in [-0.39, 0.29) is 0 Å². The fourth-order valence-electron chi connectivity index (χ4n) is 1.60. The van der Waals surface area contributed by atoms with Crippen molar-refractivity contribution in [2.75, 3.05) is 5.43 Å². The third-order valence-corrected chi connectivity index (χ3v) is 3.22. The third kappa shape index (κ3) is 4.23. The molecule has 21 heavy (non-hydrogen) atoms. The molecule has 110 valence electrons. The SMILES string of the molecule is Cc1ccc(N/N=C/c2ccc(C(F)(F)F)cc2)cc1Cl. The Balaban J connectivity index is 2.02. The highest BCUT2D eigenvalue weighted by Gasteiger charge is 2.29. The minimum atomic E-state index is -4.33.